The van der Waals surface area contributed by atoms with Gasteiger partial charge in [-0.15, -0.1) is 0 Å². The Bertz CT molecular complexity index is 745. The molecule has 1 N–H and O–H groups in total. The van der Waals surface area contributed by atoms with Gasteiger partial charge >= 0.3 is 6.18 Å². The summed E-state index contributed by atoms with van der Waals surface area (Å²) in [6, 6.07) is 10.9. The number of carbonyl (C=O) groups is 1. The van der Waals surface area contributed by atoms with Gasteiger partial charge in [-0.2, -0.15) is 13.2 Å². The maximum Gasteiger partial charge on any atom is 0.422 e. The van der Waals surface area contributed by atoms with E-state index < -0.39 is 12.8 Å². The summed E-state index contributed by atoms with van der Waals surface area (Å²) in [6.45, 7) is -1.16. The Labute approximate surface area is 148 Å². The fraction of sp³-hybridized carbons (Fsp3) is 0.278. The second-order valence-electron chi connectivity index (χ2n) is 5.27. The lowest BCUT2D eigenvalue weighted by atomic mass is 10.1. The lowest BCUT2D eigenvalue weighted by Crippen LogP contribution is -2.23. The number of alkyl halides is 3. The van der Waals surface area contributed by atoms with E-state index in [1.807, 2.05) is 0 Å². The van der Waals surface area contributed by atoms with E-state index in [-0.39, 0.29) is 18.2 Å². The molecular weight excluding hydrogens is 351 g/mol. The van der Waals surface area contributed by atoms with Crippen LogP contribution >= 0.6 is 0 Å². The number of rotatable bonds is 7. The predicted molar refractivity (Wildman–Crippen MR) is 88.7 cm³/mol. The van der Waals surface area contributed by atoms with E-state index in [0.717, 1.165) is 0 Å². The van der Waals surface area contributed by atoms with Crippen molar-refractivity contribution in [1.82, 2.24) is 5.32 Å². The number of hydrogen-bond acceptors (Lipinski definition) is 4. The molecule has 0 aliphatic carbocycles. The third-order valence-electron chi connectivity index (χ3n) is 3.43. The summed E-state index contributed by atoms with van der Waals surface area (Å²) in [7, 11) is 2.91. The van der Waals surface area contributed by atoms with Crippen LogP contribution < -0.4 is 19.5 Å². The number of halogens is 3. The smallest absolute Gasteiger partial charge is 0.422 e. The first kappa shape index (κ1) is 19.4. The first-order chi connectivity index (χ1) is 12.3. The molecule has 8 heteroatoms. The molecule has 26 heavy (non-hydrogen) atoms. The minimum absolute atomic E-state index is 0.104. The van der Waals surface area contributed by atoms with E-state index >= 15 is 0 Å². The molecule has 2 rings (SSSR count). The van der Waals surface area contributed by atoms with Crippen molar-refractivity contribution in [3.8, 4) is 17.2 Å². The van der Waals surface area contributed by atoms with Gasteiger partial charge in [0.15, 0.2) is 18.1 Å². The normalized spacial score (nSPS) is 11.0. The number of nitrogens with one attached hydrogen (secondary N) is 1. The highest BCUT2D eigenvalue weighted by molar-refractivity contribution is 5.97. The van der Waals surface area contributed by atoms with Crippen LogP contribution in [0.1, 0.15) is 15.9 Å². The molecule has 0 radical (unpaired) electrons. The third-order valence-corrected chi connectivity index (χ3v) is 3.43. The van der Waals surface area contributed by atoms with Gasteiger partial charge in [0, 0.05) is 6.54 Å². The van der Waals surface area contributed by atoms with E-state index in [1.54, 1.807) is 30.3 Å². The van der Waals surface area contributed by atoms with Gasteiger partial charge in [-0.25, -0.2) is 0 Å². The summed E-state index contributed by atoms with van der Waals surface area (Å²) in [5.74, 6) is 0.500. The van der Waals surface area contributed by atoms with Gasteiger partial charge in [-0.1, -0.05) is 18.2 Å². The molecule has 140 valence electrons. The first-order valence-corrected chi connectivity index (χ1v) is 7.61. The maximum atomic E-state index is 12.3. The highest BCUT2D eigenvalue weighted by Gasteiger charge is 2.28. The van der Waals surface area contributed by atoms with E-state index in [0.29, 0.717) is 22.6 Å². The zero-order chi connectivity index (χ0) is 19.2. The number of para-hydroxylation sites is 1. The SMILES string of the molecule is COc1cccc(C(=O)NCc2ccc(OCC(F)(F)F)cc2)c1OC. The van der Waals surface area contributed by atoms with Crippen LogP contribution in [0, 0.1) is 0 Å². The summed E-state index contributed by atoms with van der Waals surface area (Å²) in [5.41, 5.74) is 1.02. The number of carbonyl (C=O) groups excluding carboxylic acids is 1. The predicted octanol–water partition coefficient (Wildman–Crippen LogP) is 3.57. The molecule has 0 heterocycles. The van der Waals surface area contributed by atoms with E-state index in [2.05, 4.69) is 10.1 Å². The van der Waals surface area contributed by atoms with Crippen LogP contribution in [0.2, 0.25) is 0 Å². The number of methoxy groups -OCH3 is 2. The van der Waals surface area contributed by atoms with Gasteiger partial charge in [0.25, 0.3) is 5.91 Å². The fourth-order valence-corrected chi connectivity index (χ4v) is 2.21. The minimum Gasteiger partial charge on any atom is -0.493 e. The van der Waals surface area contributed by atoms with Gasteiger partial charge in [-0.05, 0) is 29.8 Å². The quantitative estimate of drug-likeness (QED) is 0.811. The summed E-state index contributed by atoms with van der Waals surface area (Å²) in [4.78, 5) is 12.3. The standard InChI is InChI=1S/C18H18F3NO4/c1-24-15-5-3-4-14(16(15)25-2)17(23)22-10-12-6-8-13(9-7-12)26-11-18(19,20)21/h3-9H,10-11H2,1-2H3,(H,22,23). The molecular formula is C18H18F3NO4. The monoisotopic (exact) mass is 369 g/mol. The summed E-state index contributed by atoms with van der Waals surface area (Å²) in [5, 5.41) is 2.72. The molecule has 0 atom stereocenters. The van der Waals surface area contributed by atoms with E-state index in [4.69, 9.17) is 9.47 Å². The molecule has 0 aliphatic rings. The fourth-order valence-electron chi connectivity index (χ4n) is 2.21. The van der Waals surface area contributed by atoms with Crippen molar-refractivity contribution in [2.45, 2.75) is 12.7 Å². The van der Waals surface area contributed by atoms with Crippen LogP contribution in [0.25, 0.3) is 0 Å². The number of hydrogen-bond donors (Lipinski definition) is 1. The average Bonchev–Trinajstić information content (AvgIpc) is 2.63. The second kappa shape index (κ2) is 8.46. The Morgan fingerprint density at radius 1 is 1.04 bits per heavy atom. The molecule has 5 nitrogen and oxygen atoms in total. The van der Waals surface area contributed by atoms with Crippen LogP contribution in [0.4, 0.5) is 13.2 Å². The lowest BCUT2D eigenvalue weighted by molar-refractivity contribution is -0.153. The summed E-state index contributed by atoms with van der Waals surface area (Å²) >= 11 is 0. The molecule has 0 fully saturated rings. The zero-order valence-electron chi connectivity index (χ0n) is 14.2. The van der Waals surface area contributed by atoms with Crippen LogP contribution in [-0.4, -0.2) is 32.9 Å². The topological polar surface area (TPSA) is 56.8 Å². The van der Waals surface area contributed by atoms with Gasteiger partial charge < -0.3 is 19.5 Å². The lowest BCUT2D eigenvalue weighted by Gasteiger charge is -2.13. The molecule has 0 bridgehead atoms. The van der Waals surface area contributed by atoms with Crippen molar-refractivity contribution in [1.29, 1.82) is 0 Å². The number of amides is 1. The van der Waals surface area contributed by atoms with Crippen molar-refractivity contribution in [2.24, 2.45) is 0 Å². The number of ether oxygens (including phenoxy) is 3. The summed E-state index contributed by atoms with van der Waals surface area (Å²) in [6.07, 6.45) is -4.39. The van der Waals surface area contributed by atoms with Crippen molar-refractivity contribution >= 4 is 5.91 Å². The molecule has 1 amide bonds. The maximum absolute atomic E-state index is 12.3. The van der Waals surface area contributed by atoms with Crippen molar-refractivity contribution in [3.63, 3.8) is 0 Å². The van der Waals surface area contributed by atoms with Gasteiger partial charge in [-0.3, -0.25) is 4.79 Å². The Morgan fingerprint density at radius 3 is 2.31 bits per heavy atom. The summed E-state index contributed by atoms with van der Waals surface area (Å²) < 4.78 is 51.3. The molecule has 0 aliphatic heterocycles. The molecule has 0 saturated heterocycles. The Balaban J connectivity index is 1.97. The molecule has 2 aromatic carbocycles. The second-order valence-corrected chi connectivity index (χ2v) is 5.27. The van der Waals surface area contributed by atoms with Crippen LogP contribution in [-0.2, 0) is 6.54 Å². The highest BCUT2D eigenvalue weighted by atomic mass is 19.4. The highest BCUT2D eigenvalue weighted by Crippen LogP contribution is 2.30. The Morgan fingerprint density at radius 2 is 1.73 bits per heavy atom. The van der Waals surface area contributed by atoms with Gasteiger partial charge in [0.05, 0.1) is 19.8 Å². The van der Waals surface area contributed by atoms with Crippen molar-refractivity contribution in [2.75, 3.05) is 20.8 Å². The molecule has 0 saturated carbocycles. The van der Waals surface area contributed by atoms with Gasteiger partial charge in [0.2, 0.25) is 0 Å². The Hall–Kier alpha value is -2.90. The van der Waals surface area contributed by atoms with Crippen LogP contribution in [0.5, 0.6) is 17.2 Å². The third kappa shape index (κ3) is 5.30. The van der Waals surface area contributed by atoms with Crippen molar-refractivity contribution in [3.05, 3.63) is 53.6 Å². The van der Waals surface area contributed by atoms with Crippen LogP contribution in [0.3, 0.4) is 0 Å². The van der Waals surface area contributed by atoms with E-state index in [9.17, 15) is 18.0 Å². The van der Waals surface area contributed by atoms with Crippen molar-refractivity contribution < 1.29 is 32.2 Å². The molecule has 2 aromatic rings. The minimum atomic E-state index is -4.39. The number of benzene rings is 2. The molecule has 0 unspecified atom stereocenters. The molecule has 0 spiro atoms. The molecule has 0 aromatic heterocycles. The zero-order valence-corrected chi connectivity index (χ0v) is 14.2. The average molecular weight is 369 g/mol. The first-order valence-electron chi connectivity index (χ1n) is 7.61. The van der Waals surface area contributed by atoms with Gasteiger partial charge in [0.1, 0.15) is 5.75 Å². The van der Waals surface area contributed by atoms with Crippen LogP contribution in [0.15, 0.2) is 42.5 Å². The largest absolute Gasteiger partial charge is 0.493 e. The van der Waals surface area contributed by atoms with E-state index in [1.165, 1.54) is 26.4 Å². The Kier molecular flexibility index (Phi) is 6.32.